The van der Waals surface area contributed by atoms with Gasteiger partial charge in [0.25, 0.3) is 0 Å². The minimum atomic E-state index is -0.519. The molecule has 2 aromatic carbocycles. The summed E-state index contributed by atoms with van der Waals surface area (Å²) in [4.78, 5) is 8.97. The van der Waals surface area contributed by atoms with Crippen molar-refractivity contribution in [3.63, 3.8) is 0 Å². The lowest BCUT2D eigenvalue weighted by Gasteiger charge is -2.13. The molecule has 5 aromatic rings. The van der Waals surface area contributed by atoms with Crippen LogP contribution in [0.3, 0.4) is 0 Å². The maximum atomic E-state index is 14.7. The van der Waals surface area contributed by atoms with E-state index in [9.17, 15) is 14.6 Å². The number of halogens is 1. The number of phenolic OH excluding ortho intramolecular Hbond substituents is 1. The van der Waals surface area contributed by atoms with Crippen LogP contribution in [0.5, 0.6) is 11.6 Å². The summed E-state index contributed by atoms with van der Waals surface area (Å²) in [6, 6.07) is 17.0. The summed E-state index contributed by atoms with van der Waals surface area (Å²) in [6.45, 7) is 0. The van der Waals surface area contributed by atoms with E-state index in [-0.39, 0.29) is 17.2 Å². The van der Waals surface area contributed by atoms with E-state index in [1.54, 1.807) is 22.8 Å². The second-order valence-electron chi connectivity index (χ2n) is 7.21. The van der Waals surface area contributed by atoms with Gasteiger partial charge in [-0.1, -0.05) is 30.3 Å². The summed E-state index contributed by atoms with van der Waals surface area (Å²) < 4.78 is 21.6. The maximum absolute atomic E-state index is 14.7. The van der Waals surface area contributed by atoms with Crippen LogP contribution >= 0.6 is 0 Å². The Balaban J connectivity index is 1.73. The Morgan fingerprint density at radius 3 is 2.58 bits per heavy atom. The Morgan fingerprint density at radius 1 is 0.968 bits per heavy atom. The maximum Gasteiger partial charge on any atom is 0.220 e. The summed E-state index contributed by atoms with van der Waals surface area (Å²) in [6.07, 6.45) is 3.73. The molecule has 31 heavy (non-hydrogen) atoms. The van der Waals surface area contributed by atoms with Crippen LogP contribution in [0.1, 0.15) is 22.7 Å². The van der Waals surface area contributed by atoms with E-state index in [0.717, 1.165) is 5.56 Å². The van der Waals surface area contributed by atoms with Gasteiger partial charge in [-0.2, -0.15) is 0 Å². The normalized spacial score (nSPS) is 11.3. The number of rotatable bonds is 5. The largest absolute Gasteiger partial charge is 0.508 e. The third-order valence-corrected chi connectivity index (χ3v) is 5.14. The number of fused-ring (bicyclic) bond motifs is 1. The third-order valence-electron chi connectivity index (χ3n) is 5.14. The monoisotopic (exact) mass is 415 g/mol. The first kappa shape index (κ1) is 18.9. The van der Waals surface area contributed by atoms with Crippen LogP contribution < -0.4 is 0 Å². The van der Waals surface area contributed by atoms with E-state index in [2.05, 4.69) is 9.97 Å². The SMILES string of the molecule is Oc1ccc(F)c(-c2ncc3nc(Cc4ccco4)c(O)n3c2Cc2ccccc2)c1. The molecule has 0 aliphatic carbocycles. The average molecular weight is 415 g/mol. The molecule has 2 N–H and O–H groups in total. The van der Waals surface area contributed by atoms with Crippen molar-refractivity contribution in [2.45, 2.75) is 12.8 Å². The second-order valence-corrected chi connectivity index (χ2v) is 7.21. The minimum absolute atomic E-state index is 0.0541. The predicted molar refractivity (Wildman–Crippen MR) is 112 cm³/mol. The zero-order valence-electron chi connectivity index (χ0n) is 16.4. The Hall–Kier alpha value is -4.13. The molecule has 0 aliphatic heterocycles. The molecule has 0 spiro atoms. The van der Waals surface area contributed by atoms with Gasteiger partial charge < -0.3 is 14.6 Å². The number of phenols is 1. The van der Waals surface area contributed by atoms with E-state index in [1.165, 1.54) is 24.4 Å². The average Bonchev–Trinajstić information content (AvgIpc) is 3.40. The summed E-state index contributed by atoms with van der Waals surface area (Å²) in [5, 5.41) is 21.0. The van der Waals surface area contributed by atoms with Gasteiger partial charge in [-0.3, -0.25) is 9.38 Å². The van der Waals surface area contributed by atoms with Gasteiger partial charge >= 0.3 is 0 Å². The van der Waals surface area contributed by atoms with Crippen LogP contribution in [0.25, 0.3) is 16.9 Å². The Labute approximate surface area is 176 Å². The highest BCUT2D eigenvalue weighted by atomic mass is 19.1. The fraction of sp³-hybridized carbons (Fsp3) is 0.0833. The molecular weight excluding hydrogens is 397 g/mol. The molecular formula is C24H18FN3O3. The van der Waals surface area contributed by atoms with Crippen molar-refractivity contribution in [3.05, 3.63) is 102 Å². The number of benzene rings is 2. The van der Waals surface area contributed by atoms with Gasteiger partial charge in [0.1, 0.15) is 23.0 Å². The Kier molecular flexibility index (Phi) is 4.63. The molecule has 0 amide bonds. The van der Waals surface area contributed by atoms with Crippen LogP contribution in [-0.4, -0.2) is 24.6 Å². The first-order valence-electron chi connectivity index (χ1n) is 9.73. The number of hydrogen-bond donors (Lipinski definition) is 2. The van der Waals surface area contributed by atoms with Crippen LogP contribution in [0.2, 0.25) is 0 Å². The zero-order valence-corrected chi connectivity index (χ0v) is 16.4. The highest BCUT2D eigenvalue weighted by molar-refractivity contribution is 5.67. The topological polar surface area (TPSA) is 83.8 Å². The molecule has 3 aromatic heterocycles. The lowest BCUT2D eigenvalue weighted by atomic mass is 10.0. The van der Waals surface area contributed by atoms with Crippen molar-refractivity contribution in [2.75, 3.05) is 0 Å². The second kappa shape index (κ2) is 7.60. The fourth-order valence-corrected chi connectivity index (χ4v) is 3.70. The van der Waals surface area contributed by atoms with E-state index >= 15 is 0 Å². The summed E-state index contributed by atoms with van der Waals surface area (Å²) >= 11 is 0. The molecule has 3 heterocycles. The van der Waals surface area contributed by atoms with Crippen molar-refractivity contribution in [1.29, 1.82) is 0 Å². The smallest absolute Gasteiger partial charge is 0.220 e. The van der Waals surface area contributed by atoms with Crippen molar-refractivity contribution < 1.29 is 19.0 Å². The van der Waals surface area contributed by atoms with Gasteiger partial charge in [0.05, 0.1) is 30.3 Å². The third kappa shape index (κ3) is 3.50. The van der Waals surface area contributed by atoms with Crippen LogP contribution in [-0.2, 0) is 12.8 Å². The van der Waals surface area contributed by atoms with Crippen molar-refractivity contribution in [2.24, 2.45) is 0 Å². The molecule has 0 radical (unpaired) electrons. The first-order chi connectivity index (χ1) is 15.1. The standard InChI is InChI=1S/C24H18FN3O3/c25-19-9-8-16(29)12-18(19)23-21(11-15-5-2-1-3-6-15)28-22(14-26-23)27-20(24(28)30)13-17-7-4-10-31-17/h1-10,12,14,29-30H,11,13H2. The van der Waals surface area contributed by atoms with E-state index in [4.69, 9.17) is 4.42 Å². The van der Waals surface area contributed by atoms with Crippen molar-refractivity contribution in [3.8, 4) is 22.9 Å². The number of aromatic hydroxyl groups is 2. The molecule has 7 heteroatoms. The molecule has 0 saturated carbocycles. The number of imidazole rings is 1. The van der Waals surface area contributed by atoms with Gasteiger partial charge in [-0.05, 0) is 35.9 Å². The van der Waals surface area contributed by atoms with E-state index in [0.29, 0.717) is 41.3 Å². The highest BCUT2D eigenvalue weighted by Crippen LogP contribution is 2.33. The van der Waals surface area contributed by atoms with Crippen LogP contribution in [0, 0.1) is 5.82 Å². The quantitative estimate of drug-likeness (QED) is 0.434. The van der Waals surface area contributed by atoms with Gasteiger partial charge in [0, 0.05) is 12.0 Å². The minimum Gasteiger partial charge on any atom is -0.508 e. The van der Waals surface area contributed by atoms with Crippen LogP contribution in [0.4, 0.5) is 4.39 Å². The first-order valence-corrected chi connectivity index (χ1v) is 9.73. The number of nitrogens with zero attached hydrogens (tertiary/aromatic N) is 3. The van der Waals surface area contributed by atoms with Crippen molar-refractivity contribution in [1.82, 2.24) is 14.4 Å². The molecule has 0 unspecified atom stereocenters. The van der Waals surface area contributed by atoms with E-state index < -0.39 is 5.82 Å². The number of furan rings is 1. The van der Waals surface area contributed by atoms with Crippen LogP contribution in [0.15, 0.2) is 77.5 Å². The summed E-state index contributed by atoms with van der Waals surface area (Å²) in [5.41, 5.74) is 2.85. The Morgan fingerprint density at radius 2 is 1.81 bits per heavy atom. The van der Waals surface area contributed by atoms with Gasteiger partial charge in [-0.25, -0.2) is 9.37 Å². The molecule has 0 fully saturated rings. The molecule has 6 nitrogen and oxygen atoms in total. The van der Waals surface area contributed by atoms with Gasteiger partial charge in [0.2, 0.25) is 5.88 Å². The lowest BCUT2D eigenvalue weighted by molar-refractivity contribution is 0.436. The van der Waals surface area contributed by atoms with E-state index in [1.807, 2.05) is 30.3 Å². The predicted octanol–water partition coefficient (Wildman–Crippen LogP) is 4.72. The van der Waals surface area contributed by atoms with Gasteiger partial charge in [0.15, 0.2) is 5.65 Å². The molecule has 5 rings (SSSR count). The number of aromatic nitrogens is 3. The Bertz CT molecular complexity index is 1360. The summed E-state index contributed by atoms with van der Waals surface area (Å²) in [7, 11) is 0. The molecule has 154 valence electrons. The highest BCUT2D eigenvalue weighted by Gasteiger charge is 2.21. The van der Waals surface area contributed by atoms with Crippen molar-refractivity contribution >= 4 is 5.65 Å². The lowest BCUT2D eigenvalue weighted by Crippen LogP contribution is -2.05. The number of hydrogen-bond acceptors (Lipinski definition) is 5. The molecule has 0 bridgehead atoms. The zero-order chi connectivity index (χ0) is 21.4. The fourth-order valence-electron chi connectivity index (χ4n) is 3.70. The molecule has 0 atom stereocenters. The molecule has 0 aliphatic rings. The molecule has 0 saturated heterocycles. The van der Waals surface area contributed by atoms with Gasteiger partial charge in [-0.15, -0.1) is 0 Å². The summed E-state index contributed by atoms with van der Waals surface area (Å²) in [5.74, 6) is 0.0174.